The van der Waals surface area contributed by atoms with E-state index in [0.717, 1.165) is 12.1 Å². The summed E-state index contributed by atoms with van der Waals surface area (Å²) in [6.45, 7) is 0. The minimum absolute atomic E-state index is 0.426. The van der Waals surface area contributed by atoms with Crippen molar-refractivity contribution < 1.29 is 22.4 Å². The summed E-state index contributed by atoms with van der Waals surface area (Å²) >= 11 is 0. The van der Waals surface area contributed by atoms with Gasteiger partial charge in [0.25, 0.3) is 5.78 Å². The maximum Gasteiger partial charge on any atom is 0.454 e. The molecule has 19 heavy (non-hydrogen) atoms. The van der Waals surface area contributed by atoms with Crippen LogP contribution in [0.5, 0.6) is 0 Å². The molecule has 0 atom stereocenters. The Bertz CT molecular complexity index is 600. The summed E-state index contributed by atoms with van der Waals surface area (Å²) in [6, 6.07) is 10.4. The summed E-state index contributed by atoms with van der Waals surface area (Å²) in [5.74, 6) is -2.33. The molecular weight excluding hydrogens is 260 g/mol. The number of benzene rings is 2. The molecule has 0 saturated carbocycles. The second-order valence-corrected chi connectivity index (χ2v) is 3.91. The number of carbonyl (C=O) groups excluding carboxylic acids is 1. The Morgan fingerprint density at radius 3 is 2.11 bits per heavy atom. The molecule has 0 heterocycles. The van der Waals surface area contributed by atoms with Gasteiger partial charge in [0.2, 0.25) is 0 Å². The number of Topliss-reactive ketones (excluding diaryl/α,β-unsaturated/α-hetero) is 1. The third-order valence-electron chi connectivity index (χ3n) is 2.56. The van der Waals surface area contributed by atoms with Crippen molar-refractivity contribution in [3.63, 3.8) is 0 Å². The van der Waals surface area contributed by atoms with Crippen LogP contribution in [0.3, 0.4) is 0 Å². The van der Waals surface area contributed by atoms with Crippen molar-refractivity contribution in [3.05, 3.63) is 59.9 Å². The van der Waals surface area contributed by atoms with Gasteiger partial charge in [-0.25, -0.2) is 4.39 Å². The first-order chi connectivity index (χ1) is 8.88. The number of hydrogen-bond donors (Lipinski definition) is 0. The minimum Gasteiger partial charge on any atom is -0.284 e. The van der Waals surface area contributed by atoms with Gasteiger partial charge in [0.15, 0.2) is 0 Å². The van der Waals surface area contributed by atoms with E-state index in [1.165, 1.54) is 30.3 Å². The number of hydrogen-bond acceptors (Lipinski definition) is 1. The molecule has 2 aromatic rings. The zero-order valence-electron chi connectivity index (χ0n) is 9.54. The SMILES string of the molecule is O=C(c1cccc(-c2ccc(F)cc2)c1)C(F)(F)F. The molecule has 0 saturated heterocycles. The predicted molar refractivity (Wildman–Crippen MR) is 62.2 cm³/mol. The molecule has 0 bridgehead atoms. The number of halogens is 4. The van der Waals surface area contributed by atoms with Gasteiger partial charge in [-0.3, -0.25) is 4.79 Å². The van der Waals surface area contributed by atoms with Crippen LogP contribution >= 0.6 is 0 Å². The van der Waals surface area contributed by atoms with Gasteiger partial charge in [-0.05, 0) is 29.3 Å². The van der Waals surface area contributed by atoms with E-state index < -0.39 is 23.3 Å². The van der Waals surface area contributed by atoms with E-state index in [1.54, 1.807) is 6.07 Å². The van der Waals surface area contributed by atoms with Crippen LogP contribution in [0.25, 0.3) is 11.1 Å². The Balaban J connectivity index is 2.40. The van der Waals surface area contributed by atoms with E-state index in [1.807, 2.05) is 0 Å². The molecular formula is C14H8F4O. The molecule has 5 heteroatoms. The van der Waals surface area contributed by atoms with Crippen molar-refractivity contribution in [1.29, 1.82) is 0 Å². The van der Waals surface area contributed by atoms with Gasteiger partial charge in [0.05, 0.1) is 0 Å². The fourth-order valence-electron chi connectivity index (χ4n) is 1.65. The molecule has 0 N–H and O–H groups in total. The Morgan fingerprint density at radius 2 is 1.53 bits per heavy atom. The number of alkyl halides is 3. The standard InChI is InChI=1S/C14H8F4O/c15-12-6-4-9(5-7-12)10-2-1-3-11(8-10)13(19)14(16,17)18/h1-8H. The van der Waals surface area contributed by atoms with Crippen molar-refractivity contribution in [2.24, 2.45) is 0 Å². The van der Waals surface area contributed by atoms with Crippen molar-refractivity contribution in [2.75, 3.05) is 0 Å². The highest BCUT2D eigenvalue weighted by Gasteiger charge is 2.39. The molecule has 98 valence electrons. The average molecular weight is 268 g/mol. The summed E-state index contributed by atoms with van der Waals surface area (Å²) < 4.78 is 49.7. The Morgan fingerprint density at radius 1 is 0.895 bits per heavy atom. The second kappa shape index (κ2) is 4.84. The highest BCUT2D eigenvalue weighted by Crippen LogP contribution is 2.25. The quantitative estimate of drug-likeness (QED) is 0.588. The Labute approximate surface area is 106 Å². The smallest absolute Gasteiger partial charge is 0.284 e. The summed E-state index contributed by atoms with van der Waals surface area (Å²) in [7, 11) is 0. The first-order valence-electron chi connectivity index (χ1n) is 5.35. The summed E-state index contributed by atoms with van der Waals surface area (Å²) in [5.41, 5.74) is 0.530. The molecule has 0 amide bonds. The molecule has 0 aliphatic rings. The van der Waals surface area contributed by atoms with Gasteiger partial charge in [0.1, 0.15) is 5.82 Å². The molecule has 0 aromatic heterocycles. The lowest BCUT2D eigenvalue weighted by Crippen LogP contribution is -2.22. The molecule has 0 aliphatic heterocycles. The van der Waals surface area contributed by atoms with Crippen LogP contribution in [-0.4, -0.2) is 12.0 Å². The molecule has 0 radical (unpaired) electrons. The van der Waals surface area contributed by atoms with Crippen molar-refractivity contribution in [2.45, 2.75) is 6.18 Å². The maximum atomic E-state index is 12.8. The van der Waals surface area contributed by atoms with Crippen molar-refractivity contribution in [3.8, 4) is 11.1 Å². The highest BCUT2D eigenvalue weighted by molar-refractivity contribution is 6.01. The van der Waals surface area contributed by atoms with Crippen LogP contribution < -0.4 is 0 Å². The normalized spacial score (nSPS) is 11.4. The lowest BCUT2D eigenvalue weighted by atomic mass is 10.0. The second-order valence-electron chi connectivity index (χ2n) is 3.91. The van der Waals surface area contributed by atoms with Crippen molar-refractivity contribution >= 4 is 5.78 Å². The molecule has 0 unspecified atom stereocenters. The van der Waals surface area contributed by atoms with E-state index in [0.29, 0.717) is 11.1 Å². The van der Waals surface area contributed by atoms with E-state index >= 15 is 0 Å². The van der Waals surface area contributed by atoms with E-state index in [9.17, 15) is 22.4 Å². The first-order valence-corrected chi connectivity index (χ1v) is 5.35. The van der Waals surface area contributed by atoms with E-state index in [-0.39, 0.29) is 0 Å². The molecule has 2 rings (SSSR count). The third kappa shape index (κ3) is 2.99. The lowest BCUT2D eigenvalue weighted by molar-refractivity contribution is -0.0885. The van der Waals surface area contributed by atoms with E-state index in [4.69, 9.17) is 0 Å². The maximum absolute atomic E-state index is 12.8. The van der Waals surface area contributed by atoms with Gasteiger partial charge in [-0.1, -0.05) is 30.3 Å². The lowest BCUT2D eigenvalue weighted by Gasteiger charge is -2.07. The molecule has 0 spiro atoms. The Hall–Kier alpha value is -2.17. The van der Waals surface area contributed by atoms with Gasteiger partial charge in [0, 0.05) is 5.56 Å². The topological polar surface area (TPSA) is 17.1 Å². The number of ketones is 1. The summed E-state index contributed by atoms with van der Waals surface area (Å²) in [5, 5.41) is 0. The van der Waals surface area contributed by atoms with Gasteiger partial charge >= 0.3 is 6.18 Å². The molecule has 0 aliphatic carbocycles. The van der Waals surface area contributed by atoms with Gasteiger partial charge in [-0.15, -0.1) is 0 Å². The van der Waals surface area contributed by atoms with Crippen LogP contribution in [0.2, 0.25) is 0 Å². The van der Waals surface area contributed by atoms with Crippen molar-refractivity contribution in [1.82, 2.24) is 0 Å². The summed E-state index contributed by atoms with van der Waals surface area (Å²) in [4.78, 5) is 11.1. The summed E-state index contributed by atoms with van der Waals surface area (Å²) in [6.07, 6.45) is -4.90. The monoisotopic (exact) mass is 268 g/mol. The first kappa shape index (κ1) is 13.3. The van der Waals surface area contributed by atoms with Crippen LogP contribution in [0, 0.1) is 5.82 Å². The predicted octanol–water partition coefficient (Wildman–Crippen LogP) is 4.24. The van der Waals surface area contributed by atoms with E-state index in [2.05, 4.69) is 0 Å². The number of carbonyl (C=O) groups is 1. The van der Waals surface area contributed by atoms with Gasteiger partial charge in [-0.2, -0.15) is 13.2 Å². The van der Waals surface area contributed by atoms with Gasteiger partial charge < -0.3 is 0 Å². The third-order valence-corrected chi connectivity index (χ3v) is 2.56. The molecule has 1 nitrogen and oxygen atoms in total. The number of rotatable bonds is 2. The minimum atomic E-state index is -4.90. The zero-order chi connectivity index (χ0) is 14.0. The van der Waals surface area contributed by atoms with Crippen LogP contribution in [0.4, 0.5) is 17.6 Å². The fraction of sp³-hybridized carbons (Fsp3) is 0.0714. The van der Waals surface area contributed by atoms with Crippen LogP contribution in [-0.2, 0) is 0 Å². The Kier molecular flexibility index (Phi) is 3.38. The molecule has 2 aromatic carbocycles. The highest BCUT2D eigenvalue weighted by atomic mass is 19.4. The zero-order valence-corrected chi connectivity index (χ0v) is 9.54. The van der Waals surface area contributed by atoms with Crippen LogP contribution in [0.15, 0.2) is 48.5 Å². The largest absolute Gasteiger partial charge is 0.454 e. The fourth-order valence-corrected chi connectivity index (χ4v) is 1.65. The average Bonchev–Trinajstić information content (AvgIpc) is 2.38. The molecule has 0 fully saturated rings. The van der Waals surface area contributed by atoms with Crippen LogP contribution in [0.1, 0.15) is 10.4 Å².